The highest BCUT2D eigenvalue weighted by atomic mass is 35.5. The Morgan fingerprint density at radius 3 is 2.29 bits per heavy atom. The van der Waals surface area contributed by atoms with Crippen LogP contribution < -0.4 is 9.47 Å². The third-order valence-electron chi connectivity index (χ3n) is 4.33. The van der Waals surface area contributed by atoms with Crippen molar-refractivity contribution in [1.29, 1.82) is 0 Å². The Morgan fingerprint density at radius 2 is 1.67 bits per heavy atom. The molecule has 2 aliphatic heterocycles. The Bertz CT molecular complexity index is 671. The van der Waals surface area contributed by atoms with Gasteiger partial charge in [-0.15, -0.1) is 12.4 Å². The second kappa shape index (κ2) is 7.66. The maximum absolute atomic E-state index is 11.7. The van der Waals surface area contributed by atoms with Crippen LogP contribution in [0.25, 0.3) is 0 Å². The fraction of sp³-hybridized carbons (Fsp3) is 0.471. The molecular formula is C17H21ClN2O4. The summed E-state index contributed by atoms with van der Waals surface area (Å²) in [7, 11) is 3.22. The highest BCUT2D eigenvalue weighted by Crippen LogP contribution is 2.33. The smallest absolute Gasteiger partial charge is 0.229 e. The molecule has 0 unspecified atom stereocenters. The molecule has 7 heteroatoms. The zero-order chi connectivity index (χ0) is 16.4. The van der Waals surface area contributed by atoms with Crippen LogP contribution in [-0.4, -0.2) is 49.7 Å². The Labute approximate surface area is 147 Å². The largest absolute Gasteiger partial charge is 0.493 e. The zero-order valence-corrected chi connectivity index (χ0v) is 14.6. The third kappa shape index (κ3) is 3.38. The number of benzene rings is 1. The van der Waals surface area contributed by atoms with Crippen LogP contribution in [-0.2, 0) is 16.0 Å². The fourth-order valence-electron chi connectivity index (χ4n) is 3.10. The van der Waals surface area contributed by atoms with Crippen LogP contribution in [0.4, 0.5) is 0 Å². The van der Waals surface area contributed by atoms with Gasteiger partial charge in [0.05, 0.1) is 14.2 Å². The van der Waals surface area contributed by atoms with E-state index < -0.39 is 0 Å². The van der Waals surface area contributed by atoms with Gasteiger partial charge in [-0.05, 0) is 24.1 Å². The predicted octanol–water partition coefficient (Wildman–Crippen LogP) is 2.01. The molecule has 0 spiro atoms. The number of hydrogen-bond acceptors (Lipinski definition) is 5. The molecule has 0 radical (unpaired) electrons. The topological polar surface area (TPSA) is 68.2 Å². The van der Waals surface area contributed by atoms with Crippen LogP contribution in [0.5, 0.6) is 11.5 Å². The molecule has 0 saturated carbocycles. The first kappa shape index (κ1) is 18.3. The lowest BCUT2D eigenvalue weighted by Crippen LogP contribution is -2.32. The minimum Gasteiger partial charge on any atom is -0.493 e. The van der Waals surface area contributed by atoms with Crippen molar-refractivity contribution in [2.75, 3.05) is 27.3 Å². The van der Waals surface area contributed by atoms with E-state index in [1.165, 1.54) is 4.90 Å². The van der Waals surface area contributed by atoms with E-state index in [1.807, 2.05) is 12.1 Å². The summed E-state index contributed by atoms with van der Waals surface area (Å²) in [6.07, 6.45) is 2.07. The average molecular weight is 353 g/mol. The van der Waals surface area contributed by atoms with E-state index in [-0.39, 0.29) is 24.2 Å². The molecule has 130 valence electrons. The molecule has 2 amide bonds. The summed E-state index contributed by atoms with van der Waals surface area (Å²) in [5.74, 6) is 1.20. The molecule has 6 nitrogen and oxygen atoms in total. The summed E-state index contributed by atoms with van der Waals surface area (Å²) in [6, 6.07) is 3.91. The molecule has 0 bridgehead atoms. The van der Waals surface area contributed by atoms with Crippen LogP contribution >= 0.6 is 12.4 Å². The molecule has 0 aromatic heterocycles. The van der Waals surface area contributed by atoms with Crippen molar-refractivity contribution in [2.45, 2.75) is 25.7 Å². The van der Waals surface area contributed by atoms with E-state index in [2.05, 4.69) is 4.99 Å². The second-order valence-electron chi connectivity index (χ2n) is 5.63. The van der Waals surface area contributed by atoms with E-state index in [1.54, 1.807) is 14.2 Å². The molecule has 2 aliphatic rings. The van der Waals surface area contributed by atoms with Gasteiger partial charge in [0.2, 0.25) is 11.8 Å². The number of carbonyl (C=O) groups excluding carboxylic acids is 2. The molecule has 1 fully saturated rings. The van der Waals surface area contributed by atoms with E-state index in [9.17, 15) is 9.59 Å². The summed E-state index contributed by atoms with van der Waals surface area (Å²) in [6.45, 7) is 1.10. The number of likely N-dealkylation sites (tertiary alicyclic amines) is 1. The fourth-order valence-corrected chi connectivity index (χ4v) is 3.10. The molecule has 1 saturated heterocycles. The number of halogens is 1. The van der Waals surface area contributed by atoms with Gasteiger partial charge in [-0.1, -0.05) is 0 Å². The van der Waals surface area contributed by atoms with Gasteiger partial charge in [0.15, 0.2) is 11.5 Å². The van der Waals surface area contributed by atoms with Crippen LogP contribution in [0.15, 0.2) is 17.1 Å². The normalized spacial score (nSPS) is 16.4. The highest BCUT2D eigenvalue weighted by molar-refractivity contribution is 6.05. The average Bonchev–Trinajstić information content (AvgIpc) is 2.89. The Morgan fingerprint density at radius 1 is 1.04 bits per heavy atom. The van der Waals surface area contributed by atoms with Crippen LogP contribution in [0.2, 0.25) is 0 Å². The maximum Gasteiger partial charge on any atom is 0.229 e. The first-order valence-electron chi connectivity index (χ1n) is 7.76. The monoisotopic (exact) mass is 352 g/mol. The van der Waals surface area contributed by atoms with E-state index in [0.717, 1.165) is 23.3 Å². The molecular weight excluding hydrogens is 332 g/mol. The zero-order valence-electron chi connectivity index (χ0n) is 13.8. The molecule has 24 heavy (non-hydrogen) atoms. The molecule has 1 aromatic carbocycles. The van der Waals surface area contributed by atoms with Gasteiger partial charge in [0.1, 0.15) is 0 Å². The van der Waals surface area contributed by atoms with Gasteiger partial charge in [-0.2, -0.15) is 0 Å². The maximum atomic E-state index is 11.7. The van der Waals surface area contributed by atoms with Crippen molar-refractivity contribution >= 4 is 29.9 Å². The summed E-state index contributed by atoms with van der Waals surface area (Å²) < 4.78 is 10.7. The van der Waals surface area contributed by atoms with Gasteiger partial charge < -0.3 is 9.47 Å². The standard InChI is InChI=1S/C17H20N2O4.ClH/c1-22-14-9-11-5-7-18-13(12(11)10-15(14)23-2)6-8-19-16(20)3-4-17(19)21;/h9-10H,3-8H2,1-2H3;1H. The molecule has 1 aromatic rings. The molecule has 2 heterocycles. The van der Waals surface area contributed by atoms with Crippen molar-refractivity contribution in [3.8, 4) is 11.5 Å². The van der Waals surface area contributed by atoms with Gasteiger partial charge in [0.25, 0.3) is 0 Å². The summed E-state index contributed by atoms with van der Waals surface area (Å²) >= 11 is 0. The minimum atomic E-state index is -0.0843. The Hall–Kier alpha value is -2.08. The van der Waals surface area contributed by atoms with Crippen molar-refractivity contribution < 1.29 is 19.1 Å². The Kier molecular flexibility index (Phi) is 5.83. The number of amides is 2. The third-order valence-corrected chi connectivity index (χ3v) is 4.33. The number of imide groups is 1. The van der Waals surface area contributed by atoms with Crippen LogP contribution in [0, 0.1) is 0 Å². The summed E-state index contributed by atoms with van der Waals surface area (Å²) in [4.78, 5) is 29.4. The van der Waals surface area contributed by atoms with Crippen molar-refractivity contribution in [1.82, 2.24) is 4.90 Å². The highest BCUT2D eigenvalue weighted by Gasteiger charge is 2.29. The van der Waals surface area contributed by atoms with Crippen LogP contribution in [0.3, 0.4) is 0 Å². The number of ether oxygens (including phenoxy) is 2. The SMILES string of the molecule is COc1cc2c(cc1OC)C(CCN1C(=O)CCC1=O)=NCC2.Cl. The van der Waals surface area contributed by atoms with Crippen LogP contribution in [0.1, 0.15) is 30.4 Å². The van der Waals surface area contributed by atoms with Crippen molar-refractivity contribution in [3.63, 3.8) is 0 Å². The first-order valence-corrected chi connectivity index (χ1v) is 7.76. The lowest BCUT2D eigenvalue weighted by molar-refractivity contribution is -0.138. The van der Waals surface area contributed by atoms with E-state index in [0.29, 0.717) is 43.9 Å². The van der Waals surface area contributed by atoms with E-state index >= 15 is 0 Å². The van der Waals surface area contributed by atoms with Gasteiger partial charge in [-0.25, -0.2) is 0 Å². The minimum absolute atomic E-state index is 0. The quantitative estimate of drug-likeness (QED) is 0.760. The van der Waals surface area contributed by atoms with Crippen molar-refractivity contribution in [2.24, 2.45) is 4.99 Å². The summed E-state index contributed by atoms with van der Waals surface area (Å²) in [5, 5.41) is 0. The van der Waals surface area contributed by atoms with Crippen molar-refractivity contribution in [3.05, 3.63) is 23.3 Å². The van der Waals surface area contributed by atoms with Gasteiger partial charge >= 0.3 is 0 Å². The molecule has 0 atom stereocenters. The summed E-state index contributed by atoms with van der Waals surface area (Å²) in [5.41, 5.74) is 3.10. The van der Waals surface area contributed by atoms with E-state index in [4.69, 9.17) is 9.47 Å². The molecule has 0 aliphatic carbocycles. The number of fused-ring (bicyclic) bond motifs is 1. The number of methoxy groups -OCH3 is 2. The molecule has 0 N–H and O–H groups in total. The predicted molar refractivity (Wildman–Crippen MR) is 92.5 cm³/mol. The first-order chi connectivity index (χ1) is 11.1. The number of aliphatic imine (C=N–C) groups is 1. The lowest BCUT2D eigenvalue weighted by atomic mass is 9.95. The number of hydrogen-bond donors (Lipinski definition) is 0. The number of carbonyl (C=O) groups is 2. The number of nitrogens with zero attached hydrogens (tertiary/aromatic N) is 2. The molecule has 3 rings (SSSR count). The second-order valence-corrected chi connectivity index (χ2v) is 5.63. The lowest BCUT2D eigenvalue weighted by Gasteiger charge is -2.21. The van der Waals surface area contributed by atoms with Gasteiger partial charge in [0, 0.05) is 43.6 Å². The Balaban J connectivity index is 0.00000208. The number of rotatable bonds is 5. The van der Waals surface area contributed by atoms with Gasteiger partial charge in [-0.3, -0.25) is 19.5 Å².